The van der Waals surface area contributed by atoms with Crippen molar-refractivity contribution in [2.45, 2.75) is 13.8 Å². The number of hydrogen-bond donors (Lipinski definition) is 2. The Morgan fingerprint density at radius 2 is 1.81 bits per heavy atom. The van der Waals surface area contributed by atoms with E-state index >= 15 is 0 Å². The van der Waals surface area contributed by atoms with Crippen molar-refractivity contribution in [3.05, 3.63) is 57.9 Å². The normalized spacial score (nSPS) is 10.8. The highest BCUT2D eigenvalue weighted by Crippen LogP contribution is 2.31. The third-order valence-electron chi connectivity index (χ3n) is 4.20. The Hall–Kier alpha value is -3.19. The van der Waals surface area contributed by atoms with Crippen molar-refractivity contribution >= 4 is 16.7 Å². The van der Waals surface area contributed by atoms with Gasteiger partial charge in [0.15, 0.2) is 6.61 Å². The summed E-state index contributed by atoms with van der Waals surface area (Å²) in [5, 5.41) is 5.87. The maximum absolute atomic E-state index is 12.3. The fourth-order valence-corrected chi connectivity index (χ4v) is 3.01. The molecule has 26 heavy (non-hydrogen) atoms. The molecule has 0 aliphatic heterocycles. The minimum atomic E-state index is -0.404. The number of nitrogens with zero attached hydrogens (tertiary/aromatic N) is 2. The zero-order valence-corrected chi connectivity index (χ0v) is 14.9. The summed E-state index contributed by atoms with van der Waals surface area (Å²) in [6.07, 6.45) is 0. The van der Waals surface area contributed by atoms with Gasteiger partial charge in [-0.15, -0.1) is 0 Å². The minimum Gasteiger partial charge on any atom is -0.483 e. The number of carbonyl (C=O) groups excluding carboxylic acids is 1. The lowest BCUT2D eigenvalue weighted by atomic mass is 10.00. The van der Waals surface area contributed by atoms with E-state index in [4.69, 9.17) is 10.6 Å². The highest BCUT2D eigenvalue weighted by molar-refractivity contribution is 5.94. The number of nitrogens with two attached hydrogens (primary N) is 1. The molecule has 0 bridgehead atoms. The molecule has 0 aliphatic carbocycles. The number of ether oxygens (including phenoxy) is 1. The molecule has 0 radical (unpaired) electrons. The van der Waals surface area contributed by atoms with Gasteiger partial charge in [-0.3, -0.25) is 15.0 Å². The van der Waals surface area contributed by atoms with Gasteiger partial charge in [-0.25, -0.2) is 10.5 Å². The molecule has 0 unspecified atom stereocenters. The Balaban J connectivity index is 2.12. The number of carbonyl (C=O) groups is 1. The minimum absolute atomic E-state index is 0.134. The number of fused-ring (bicyclic) bond motifs is 1. The molecule has 0 atom stereocenters. The van der Waals surface area contributed by atoms with Crippen LogP contribution in [0.5, 0.6) is 5.75 Å². The number of hydrogen-bond acceptors (Lipinski definition) is 5. The van der Waals surface area contributed by atoms with Crippen LogP contribution in [0.1, 0.15) is 11.1 Å². The standard InChI is InChI=1S/C19H20N4O3/c1-11-8-13(9-12(2)18(11)26-10-16(24)21-20)17-14-6-4-5-7-15(14)19(25)23(3)22-17/h4-9H,10,20H2,1-3H3,(H,21,24). The molecule has 0 fully saturated rings. The van der Waals surface area contributed by atoms with Crippen LogP contribution in [0.25, 0.3) is 22.0 Å². The molecular formula is C19H20N4O3. The fraction of sp³-hybridized carbons (Fsp3) is 0.211. The second-order valence-electron chi connectivity index (χ2n) is 6.12. The van der Waals surface area contributed by atoms with Gasteiger partial charge in [0.1, 0.15) is 5.75 Å². The summed E-state index contributed by atoms with van der Waals surface area (Å²) >= 11 is 0. The van der Waals surface area contributed by atoms with Crippen molar-refractivity contribution in [3.63, 3.8) is 0 Å². The van der Waals surface area contributed by atoms with E-state index in [0.29, 0.717) is 11.1 Å². The van der Waals surface area contributed by atoms with Crippen LogP contribution in [0.4, 0.5) is 0 Å². The van der Waals surface area contributed by atoms with Gasteiger partial charge >= 0.3 is 0 Å². The first-order valence-corrected chi connectivity index (χ1v) is 8.12. The third-order valence-corrected chi connectivity index (χ3v) is 4.20. The largest absolute Gasteiger partial charge is 0.483 e. The smallest absolute Gasteiger partial charge is 0.274 e. The number of aryl methyl sites for hydroxylation is 3. The maximum Gasteiger partial charge on any atom is 0.274 e. The van der Waals surface area contributed by atoms with Crippen LogP contribution >= 0.6 is 0 Å². The van der Waals surface area contributed by atoms with Gasteiger partial charge in [0.25, 0.3) is 11.5 Å². The van der Waals surface area contributed by atoms with Crippen LogP contribution in [0.3, 0.4) is 0 Å². The Labute approximate surface area is 150 Å². The molecule has 134 valence electrons. The number of rotatable bonds is 4. The van der Waals surface area contributed by atoms with Crippen molar-refractivity contribution in [2.75, 3.05) is 6.61 Å². The van der Waals surface area contributed by atoms with Gasteiger partial charge < -0.3 is 4.74 Å². The summed E-state index contributed by atoms with van der Waals surface area (Å²) in [6, 6.07) is 11.3. The van der Waals surface area contributed by atoms with E-state index in [0.717, 1.165) is 27.8 Å². The molecule has 0 saturated carbocycles. The Morgan fingerprint density at radius 3 is 2.42 bits per heavy atom. The van der Waals surface area contributed by atoms with E-state index in [2.05, 4.69) is 5.10 Å². The van der Waals surface area contributed by atoms with Crippen LogP contribution in [-0.2, 0) is 11.8 Å². The zero-order valence-electron chi connectivity index (χ0n) is 14.9. The van der Waals surface area contributed by atoms with Crippen LogP contribution in [0.2, 0.25) is 0 Å². The van der Waals surface area contributed by atoms with E-state index in [1.165, 1.54) is 4.68 Å². The van der Waals surface area contributed by atoms with Crippen molar-refractivity contribution in [2.24, 2.45) is 12.9 Å². The number of nitrogens with one attached hydrogen (secondary N) is 1. The molecule has 3 N–H and O–H groups in total. The molecule has 3 aromatic rings. The number of hydrazine groups is 1. The number of aromatic nitrogens is 2. The Bertz CT molecular complexity index is 1030. The van der Waals surface area contributed by atoms with E-state index in [9.17, 15) is 9.59 Å². The number of benzene rings is 2. The summed E-state index contributed by atoms with van der Waals surface area (Å²) < 4.78 is 6.92. The Morgan fingerprint density at radius 1 is 1.19 bits per heavy atom. The topological polar surface area (TPSA) is 99.2 Å². The third kappa shape index (κ3) is 3.16. The molecule has 7 heteroatoms. The van der Waals surface area contributed by atoms with E-state index in [-0.39, 0.29) is 12.2 Å². The van der Waals surface area contributed by atoms with Gasteiger partial charge in [-0.1, -0.05) is 18.2 Å². The van der Waals surface area contributed by atoms with Crippen LogP contribution in [0, 0.1) is 13.8 Å². The Kier molecular flexibility index (Phi) is 4.73. The summed E-state index contributed by atoms with van der Waals surface area (Å²) in [4.78, 5) is 23.6. The van der Waals surface area contributed by atoms with Gasteiger partial charge in [-0.05, 0) is 43.2 Å². The van der Waals surface area contributed by atoms with E-state index in [1.807, 2.05) is 49.6 Å². The molecule has 1 heterocycles. The monoisotopic (exact) mass is 352 g/mol. The maximum atomic E-state index is 12.3. The highest BCUT2D eigenvalue weighted by Gasteiger charge is 2.14. The molecule has 7 nitrogen and oxygen atoms in total. The summed E-state index contributed by atoms with van der Waals surface area (Å²) in [5.41, 5.74) is 5.23. The van der Waals surface area contributed by atoms with Gasteiger partial charge in [0, 0.05) is 18.0 Å². The summed E-state index contributed by atoms with van der Waals surface area (Å²) in [7, 11) is 1.64. The highest BCUT2D eigenvalue weighted by atomic mass is 16.5. The zero-order chi connectivity index (χ0) is 18.8. The summed E-state index contributed by atoms with van der Waals surface area (Å²) in [5.74, 6) is 5.30. The van der Waals surface area contributed by atoms with Gasteiger partial charge in [-0.2, -0.15) is 5.10 Å². The van der Waals surface area contributed by atoms with Crippen LogP contribution in [0.15, 0.2) is 41.2 Å². The molecule has 0 saturated heterocycles. The summed E-state index contributed by atoms with van der Waals surface area (Å²) in [6.45, 7) is 3.64. The van der Waals surface area contributed by atoms with Crippen LogP contribution < -0.4 is 21.6 Å². The quantitative estimate of drug-likeness (QED) is 0.422. The molecule has 2 aromatic carbocycles. The van der Waals surface area contributed by atoms with Crippen molar-refractivity contribution in [3.8, 4) is 17.0 Å². The van der Waals surface area contributed by atoms with Crippen molar-refractivity contribution in [1.29, 1.82) is 0 Å². The molecule has 1 aromatic heterocycles. The first-order chi connectivity index (χ1) is 12.4. The van der Waals surface area contributed by atoms with Gasteiger partial charge in [0.2, 0.25) is 0 Å². The SMILES string of the molecule is Cc1cc(-c2nn(C)c(=O)c3ccccc23)cc(C)c1OCC(=O)NN. The van der Waals surface area contributed by atoms with Gasteiger partial charge in [0.05, 0.1) is 11.1 Å². The predicted molar refractivity (Wildman–Crippen MR) is 99.7 cm³/mol. The average molecular weight is 352 g/mol. The molecule has 0 aliphatic rings. The van der Waals surface area contributed by atoms with Crippen LogP contribution in [-0.4, -0.2) is 22.3 Å². The second kappa shape index (κ2) is 6.97. The first kappa shape index (κ1) is 17.6. The molecule has 3 rings (SSSR count). The molecular weight excluding hydrogens is 332 g/mol. The predicted octanol–water partition coefficient (Wildman–Crippen LogP) is 1.59. The van der Waals surface area contributed by atoms with Crippen molar-refractivity contribution in [1.82, 2.24) is 15.2 Å². The lowest BCUT2D eigenvalue weighted by molar-refractivity contribution is -0.123. The lowest BCUT2D eigenvalue weighted by Crippen LogP contribution is -2.34. The molecule has 1 amide bonds. The first-order valence-electron chi connectivity index (χ1n) is 8.12. The lowest BCUT2D eigenvalue weighted by Gasteiger charge is -2.14. The molecule has 0 spiro atoms. The number of amides is 1. The van der Waals surface area contributed by atoms with E-state index < -0.39 is 5.91 Å². The fourth-order valence-electron chi connectivity index (χ4n) is 3.01. The second-order valence-corrected chi connectivity index (χ2v) is 6.12. The average Bonchev–Trinajstić information content (AvgIpc) is 2.63. The van der Waals surface area contributed by atoms with Crippen molar-refractivity contribution < 1.29 is 9.53 Å². The van der Waals surface area contributed by atoms with E-state index in [1.54, 1.807) is 13.1 Å².